The van der Waals surface area contributed by atoms with E-state index in [4.69, 9.17) is 4.74 Å². The number of para-hydroxylation sites is 1. The zero-order valence-corrected chi connectivity index (χ0v) is 9.35. The van der Waals surface area contributed by atoms with Crippen LogP contribution in [0.3, 0.4) is 0 Å². The fourth-order valence-electron chi connectivity index (χ4n) is 1.49. The normalized spacial score (nSPS) is 15.6. The lowest BCUT2D eigenvalue weighted by Gasteiger charge is -2.33. The minimum absolute atomic E-state index is 0.0764. The summed E-state index contributed by atoms with van der Waals surface area (Å²) in [5.41, 5.74) is -2.04. The molecule has 0 radical (unpaired) electrons. The van der Waals surface area contributed by atoms with E-state index in [-0.39, 0.29) is 11.3 Å². The van der Waals surface area contributed by atoms with Crippen molar-refractivity contribution in [2.75, 3.05) is 14.2 Å². The van der Waals surface area contributed by atoms with Crippen LogP contribution in [0.4, 0.5) is 13.2 Å². The van der Waals surface area contributed by atoms with Crippen molar-refractivity contribution in [3.8, 4) is 5.75 Å². The summed E-state index contributed by atoms with van der Waals surface area (Å²) >= 11 is 0. The summed E-state index contributed by atoms with van der Waals surface area (Å²) in [6, 6.07) is 6.10. The Morgan fingerprint density at radius 1 is 1.19 bits per heavy atom. The maximum Gasteiger partial charge on any atom is 0.410 e. The first-order valence-corrected chi connectivity index (χ1v) is 4.76. The van der Waals surface area contributed by atoms with Gasteiger partial charge < -0.3 is 10.1 Å². The Labute approximate surface area is 92.4 Å². The van der Waals surface area contributed by atoms with Crippen molar-refractivity contribution in [1.29, 1.82) is 0 Å². The standard InChI is InChI=1S/C11H14F3NO/c1-10(15-2,11(12,13)14)8-6-4-5-7-9(8)16-3/h4-7,15H,1-3H3. The fraction of sp³-hybridized carbons (Fsp3) is 0.455. The number of methoxy groups -OCH3 is 1. The van der Waals surface area contributed by atoms with Gasteiger partial charge in [0.25, 0.3) is 0 Å². The number of halogens is 3. The van der Waals surface area contributed by atoms with Crippen LogP contribution < -0.4 is 10.1 Å². The molecule has 1 rings (SSSR count). The molecule has 1 aromatic carbocycles. The van der Waals surface area contributed by atoms with Crippen molar-refractivity contribution in [1.82, 2.24) is 5.32 Å². The van der Waals surface area contributed by atoms with E-state index in [1.165, 1.54) is 26.3 Å². The fourth-order valence-corrected chi connectivity index (χ4v) is 1.49. The van der Waals surface area contributed by atoms with Crippen LogP contribution in [0.25, 0.3) is 0 Å². The average molecular weight is 233 g/mol. The van der Waals surface area contributed by atoms with Gasteiger partial charge >= 0.3 is 6.18 Å². The van der Waals surface area contributed by atoms with Crippen LogP contribution in [-0.4, -0.2) is 20.3 Å². The second-order valence-electron chi connectivity index (χ2n) is 3.57. The highest BCUT2D eigenvalue weighted by atomic mass is 19.4. The third-order valence-corrected chi connectivity index (χ3v) is 2.71. The number of nitrogens with one attached hydrogen (secondary N) is 1. The molecular weight excluding hydrogens is 219 g/mol. The highest BCUT2D eigenvalue weighted by Crippen LogP contribution is 2.41. The minimum Gasteiger partial charge on any atom is -0.496 e. The van der Waals surface area contributed by atoms with Crippen LogP contribution in [0.2, 0.25) is 0 Å². The van der Waals surface area contributed by atoms with E-state index >= 15 is 0 Å². The summed E-state index contributed by atoms with van der Waals surface area (Å²) in [6.45, 7) is 1.09. The lowest BCUT2D eigenvalue weighted by Crippen LogP contribution is -2.50. The van der Waals surface area contributed by atoms with Crippen molar-refractivity contribution >= 4 is 0 Å². The monoisotopic (exact) mass is 233 g/mol. The molecule has 0 aliphatic rings. The van der Waals surface area contributed by atoms with Crippen molar-refractivity contribution in [3.63, 3.8) is 0 Å². The highest BCUT2D eigenvalue weighted by Gasteiger charge is 2.52. The molecule has 1 atom stereocenters. The number of rotatable bonds is 3. The summed E-state index contributed by atoms with van der Waals surface area (Å²) in [4.78, 5) is 0. The number of ether oxygens (including phenoxy) is 1. The molecule has 0 aliphatic heterocycles. The molecule has 1 N–H and O–H groups in total. The van der Waals surface area contributed by atoms with Gasteiger partial charge in [0.2, 0.25) is 0 Å². The molecule has 1 unspecified atom stereocenters. The molecule has 0 aliphatic carbocycles. The second kappa shape index (κ2) is 4.33. The number of benzene rings is 1. The van der Waals surface area contributed by atoms with Gasteiger partial charge in [0, 0.05) is 5.56 Å². The zero-order chi connectivity index (χ0) is 12.4. The van der Waals surface area contributed by atoms with Gasteiger partial charge in [-0.3, -0.25) is 0 Å². The lowest BCUT2D eigenvalue weighted by atomic mass is 9.90. The van der Waals surface area contributed by atoms with E-state index < -0.39 is 11.7 Å². The molecule has 0 heterocycles. The van der Waals surface area contributed by atoms with E-state index in [1.807, 2.05) is 0 Å². The molecule has 1 aromatic rings. The Kier molecular flexibility index (Phi) is 3.48. The molecule has 0 bridgehead atoms. The van der Waals surface area contributed by atoms with Gasteiger partial charge in [-0.1, -0.05) is 18.2 Å². The van der Waals surface area contributed by atoms with Gasteiger partial charge in [0.15, 0.2) is 0 Å². The minimum atomic E-state index is -4.39. The largest absolute Gasteiger partial charge is 0.496 e. The summed E-state index contributed by atoms with van der Waals surface area (Å²) in [7, 11) is 2.63. The van der Waals surface area contributed by atoms with Crippen LogP contribution >= 0.6 is 0 Å². The van der Waals surface area contributed by atoms with Crippen LogP contribution in [0.5, 0.6) is 5.75 Å². The van der Waals surface area contributed by atoms with Crippen molar-refractivity contribution in [3.05, 3.63) is 29.8 Å². The van der Waals surface area contributed by atoms with E-state index in [1.54, 1.807) is 12.1 Å². The van der Waals surface area contributed by atoms with Gasteiger partial charge in [-0.15, -0.1) is 0 Å². The van der Waals surface area contributed by atoms with Crippen LogP contribution in [0, 0.1) is 0 Å². The van der Waals surface area contributed by atoms with Crippen LogP contribution in [0.15, 0.2) is 24.3 Å². The van der Waals surface area contributed by atoms with E-state index in [0.29, 0.717) is 0 Å². The molecule has 2 nitrogen and oxygen atoms in total. The van der Waals surface area contributed by atoms with Crippen LogP contribution in [-0.2, 0) is 5.54 Å². The van der Waals surface area contributed by atoms with Crippen molar-refractivity contribution in [2.45, 2.75) is 18.6 Å². The first-order valence-electron chi connectivity index (χ1n) is 4.76. The Balaban J connectivity index is 3.33. The molecular formula is C11H14F3NO. The van der Waals surface area contributed by atoms with E-state index in [2.05, 4.69) is 5.32 Å². The molecule has 5 heteroatoms. The van der Waals surface area contributed by atoms with Gasteiger partial charge in [-0.2, -0.15) is 13.2 Å². The number of alkyl halides is 3. The molecule has 16 heavy (non-hydrogen) atoms. The van der Waals surface area contributed by atoms with Crippen LogP contribution in [0.1, 0.15) is 12.5 Å². The maximum atomic E-state index is 13.0. The molecule has 0 saturated heterocycles. The average Bonchev–Trinajstić information content (AvgIpc) is 2.26. The topological polar surface area (TPSA) is 21.3 Å². The van der Waals surface area contributed by atoms with Gasteiger partial charge in [-0.05, 0) is 20.0 Å². The molecule has 0 fully saturated rings. The Hall–Kier alpha value is -1.23. The van der Waals surface area contributed by atoms with Crippen molar-refractivity contribution < 1.29 is 17.9 Å². The van der Waals surface area contributed by atoms with Gasteiger partial charge in [0.05, 0.1) is 7.11 Å². The quantitative estimate of drug-likeness (QED) is 0.866. The first kappa shape index (κ1) is 12.8. The summed E-state index contributed by atoms with van der Waals surface area (Å²) < 4.78 is 43.9. The summed E-state index contributed by atoms with van der Waals surface area (Å²) in [5, 5.41) is 2.30. The predicted molar refractivity (Wildman–Crippen MR) is 55.5 cm³/mol. The SMILES string of the molecule is CNC(C)(c1ccccc1OC)C(F)(F)F. The summed E-state index contributed by atoms with van der Waals surface area (Å²) in [5.74, 6) is 0.219. The molecule has 0 amide bonds. The maximum absolute atomic E-state index is 13.0. The number of hydrogen-bond acceptors (Lipinski definition) is 2. The Morgan fingerprint density at radius 2 is 1.75 bits per heavy atom. The van der Waals surface area contributed by atoms with E-state index in [9.17, 15) is 13.2 Å². The third kappa shape index (κ3) is 2.00. The lowest BCUT2D eigenvalue weighted by molar-refractivity contribution is -0.194. The smallest absolute Gasteiger partial charge is 0.410 e. The summed E-state index contributed by atoms with van der Waals surface area (Å²) in [6.07, 6.45) is -4.39. The molecule has 90 valence electrons. The molecule has 0 spiro atoms. The van der Waals surface area contributed by atoms with Crippen molar-refractivity contribution in [2.24, 2.45) is 0 Å². The molecule has 0 aromatic heterocycles. The Morgan fingerprint density at radius 3 is 2.19 bits per heavy atom. The Bertz CT molecular complexity index is 364. The first-order chi connectivity index (χ1) is 7.36. The van der Waals surface area contributed by atoms with E-state index in [0.717, 1.165) is 6.92 Å². The molecule has 0 saturated carbocycles. The van der Waals surface area contributed by atoms with Gasteiger partial charge in [0.1, 0.15) is 11.3 Å². The second-order valence-corrected chi connectivity index (χ2v) is 3.57. The third-order valence-electron chi connectivity index (χ3n) is 2.71. The predicted octanol–water partition coefficient (Wildman–Crippen LogP) is 2.69. The number of hydrogen-bond donors (Lipinski definition) is 1. The van der Waals surface area contributed by atoms with Gasteiger partial charge in [-0.25, -0.2) is 0 Å². The zero-order valence-electron chi connectivity index (χ0n) is 9.35. The highest BCUT2D eigenvalue weighted by molar-refractivity contribution is 5.39.